The van der Waals surface area contributed by atoms with E-state index < -0.39 is 20.2 Å². The summed E-state index contributed by atoms with van der Waals surface area (Å²) in [6.45, 7) is 4.47. The Morgan fingerprint density at radius 2 is 0.852 bits per heavy atom. The van der Waals surface area contributed by atoms with Crippen LogP contribution in [0, 0.1) is 0 Å². The fourth-order valence-electron chi connectivity index (χ4n) is 6.90. The van der Waals surface area contributed by atoms with Gasteiger partial charge in [0.1, 0.15) is 27.4 Å². The average molecular weight is 907 g/mol. The smallest absolute Gasteiger partial charge is 0.870 e. The van der Waals surface area contributed by atoms with Gasteiger partial charge in [0.25, 0.3) is 10.1 Å². The number of ether oxygens (including phenoxy) is 2. The van der Waals surface area contributed by atoms with E-state index in [0.29, 0.717) is 17.2 Å². The summed E-state index contributed by atoms with van der Waals surface area (Å²) in [5.74, 6) is 1.21. The van der Waals surface area contributed by atoms with Crippen molar-refractivity contribution in [3.63, 3.8) is 0 Å². The molecule has 0 bridgehead atoms. The number of unbranched alkanes of at least 4 members (excludes halogenated alkanes) is 18. The number of aromatic hydroxyl groups is 1. The van der Waals surface area contributed by atoms with Gasteiger partial charge in [-0.1, -0.05) is 165 Å². The molecule has 332 valence electrons. The second-order valence-corrected chi connectivity index (χ2v) is 18.2. The van der Waals surface area contributed by atoms with Gasteiger partial charge in [0.15, 0.2) is 11.5 Å². The maximum absolute atomic E-state index is 12.6. The number of benzene rings is 4. The second-order valence-electron chi connectivity index (χ2n) is 15.4. The van der Waals surface area contributed by atoms with Crippen molar-refractivity contribution in [3.05, 3.63) is 96.1 Å². The number of hydrogen-bond donors (Lipinski definition) is 2. The van der Waals surface area contributed by atoms with Crippen LogP contribution in [0.5, 0.6) is 34.5 Å². The summed E-state index contributed by atoms with van der Waals surface area (Å²) < 4.78 is 75.5. The van der Waals surface area contributed by atoms with Gasteiger partial charge in [0, 0.05) is 0 Å². The van der Waals surface area contributed by atoms with Crippen LogP contribution in [-0.2, 0) is 33.1 Å². The van der Waals surface area contributed by atoms with Gasteiger partial charge in [-0.15, -0.1) is 0 Å². The van der Waals surface area contributed by atoms with Crippen LogP contribution in [-0.4, -0.2) is 68.8 Å². The first-order chi connectivity index (χ1) is 28.8. The van der Waals surface area contributed by atoms with Crippen molar-refractivity contribution in [1.29, 1.82) is 0 Å². The quantitative estimate of drug-likeness (QED) is 0.0317. The van der Waals surface area contributed by atoms with E-state index >= 15 is 0 Å². The molecule has 0 aliphatic heterocycles. The number of rotatable bonds is 28. The predicted molar refractivity (Wildman–Crippen MR) is 242 cm³/mol. The van der Waals surface area contributed by atoms with Gasteiger partial charge in [-0.25, -0.2) is 8.42 Å². The molecule has 0 aromatic heterocycles. The molecule has 13 heteroatoms. The van der Waals surface area contributed by atoms with Crippen LogP contribution in [0.4, 0.5) is 0 Å². The zero-order chi connectivity index (χ0) is 43.6. The van der Waals surface area contributed by atoms with Gasteiger partial charge in [-0.3, -0.25) is 4.55 Å². The average Bonchev–Trinajstić information content (AvgIpc) is 3.22. The maximum atomic E-state index is 12.6. The standard InChI is InChI=1S/2C24H34O5S.Ca/c2*1-2-3-4-5-6-7-8-9-10-11-13-20-14-12-15-23(24(20)25)29-21-16-18-22(19-17-21)30(26,27)28;/h2*12,14-19,25H,2-11,13H2,1H3,(H,26,27,28);/q;;+2/p-2. The topological polar surface area (TPSA) is 173 Å². The Morgan fingerprint density at radius 3 is 1.28 bits per heavy atom. The molecule has 10 nitrogen and oxygen atoms in total. The number of aryl methyl sites for hydroxylation is 2. The molecule has 0 atom stereocenters. The van der Waals surface area contributed by atoms with Crippen LogP contribution >= 0.6 is 0 Å². The van der Waals surface area contributed by atoms with E-state index in [1.807, 2.05) is 18.2 Å². The van der Waals surface area contributed by atoms with E-state index in [2.05, 4.69) is 13.8 Å². The van der Waals surface area contributed by atoms with E-state index in [-0.39, 0.29) is 64.8 Å². The van der Waals surface area contributed by atoms with E-state index in [4.69, 9.17) is 14.0 Å². The summed E-state index contributed by atoms with van der Waals surface area (Å²) in [6, 6.07) is 21.1. The van der Waals surface area contributed by atoms with Crippen molar-refractivity contribution in [3.8, 4) is 34.5 Å². The Hall–Kier alpha value is -2.84. The number of hydrogen-bond acceptors (Lipinski definition) is 9. The zero-order valence-corrected chi connectivity index (χ0v) is 40.2. The van der Waals surface area contributed by atoms with Gasteiger partial charge < -0.3 is 24.2 Å². The van der Waals surface area contributed by atoms with Crippen molar-refractivity contribution in [2.75, 3.05) is 0 Å². The van der Waals surface area contributed by atoms with Gasteiger partial charge in [-0.05, 0) is 91.9 Å². The van der Waals surface area contributed by atoms with Crippen molar-refractivity contribution >= 4 is 58.0 Å². The third-order valence-corrected chi connectivity index (χ3v) is 12.1. The molecule has 0 saturated carbocycles. The van der Waals surface area contributed by atoms with Crippen molar-refractivity contribution in [1.82, 2.24) is 0 Å². The predicted octanol–water partition coefficient (Wildman–Crippen LogP) is 12.4. The van der Waals surface area contributed by atoms with Gasteiger partial charge >= 0.3 is 37.7 Å². The molecule has 0 spiro atoms. The molecule has 4 rings (SSSR count). The first-order valence-electron chi connectivity index (χ1n) is 21.9. The van der Waals surface area contributed by atoms with Crippen molar-refractivity contribution < 1.29 is 45.6 Å². The summed E-state index contributed by atoms with van der Waals surface area (Å²) in [5, 5.41) is 23.1. The Kier molecular flexibility index (Phi) is 27.0. The minimum Gasteiger partial charge on any atom is -0.870 e. The molecule has 0 unspecified atom stereocenters. The minimum atomic E-state index is -4.50. The Morgan fingerprint density at radius 1 is 0.492 bits per heavy atom. The van der Waals surface area contributed by atoms with Crippen LogP contribution in [0.2, 0.25) is 0 Å². The normalized spacial score (nSPS) is 11.3. The molecule has 0 heterocycles. The van der Waals surface area contributed by atoms with Gasteiger partial charge in [-0.2, -0.15) is 8.42 Å². The molecular weight excluding hydrogens is 841 g/mol. The monoisotopic (exact) mass is 906 g/mol. The summed E-state index contributed by atoms with van der Waals surface area (Å²) in [4.78, 5) is -0.527. The summed E-state index contributed by atoms with van der Waals surface area (Å²) >= 11 is 0. The number of para-hydroxylation sites is 2. The molecule has 2 N–H and O–H groups in total. The zero-order valence-electron chi connectivity index (χ0n) is 36.3. The maximum Gasteiger partial charge on any atom is 2.00 e. The summed E-state index contributed by atoms with van der Waals surface area (Å²) in [7, 11) is -8.74. The molecular formula is C48H66CaO10S2. The van der Waals surface area contributed by atoms with Crippen LogP contribution in [0.1, 0.15) is 153 Å². The Labute approximate surface area is 396 Å². The Bertz CT molecular complexity index is 1870. The summed E-state index contributed by atoms with van der Waals surface area (Å²) in [5.41, 5.74) is 1.58. The van der Waals surface area contributed by atoms with E-state index in [1.54, 1.807) is 18.2 Å². The van der Waals surface area contributed by atoms with Crippen molar-refractivity contribution in [2.24, 2.45) is 0 Å². The largest absolute Gasteiger partial charge is 2.00 e. The first-order valence-corrected chi connectivity index (χ1v) is 24.8. The van der Waals surface area contributed by atoms with Crippen molar-refractivity contribution in [2.45, 2.75) is 165 Å². The van der Waals surface area contributed by atoms with Crippen LogP contribution < -0.4 is 14.6 Å². The number of phenols is 1. The third-order valence-electron chi connectivity index (χ3n) is 10.4. The van der Waals surface area contributed by atoms with E-state index in [0.717, 1.165) is 49.7 Å². The fraction of sp³-hybridized carbons (Fsp3) is 0.500. The van der Waals surface area contributed by atoms with Crippen LogP contribution in [0.25, 0.3) is 0 Å². The fourth-order valence-corrected chi connectivity index (χ4v) is 7.85. The molecule has 0 aliphatic rings. The van der Waals surface area contributed by atoms with Gasteiger partial charge in [0.05, 0.1) is 9.79 Å². The number of phenolic OH excluding ortho intramolecular Hbond substituents is 1. The molecule has 0 saturated heterocycles. The van der Waals surface area contributed by atoms with Gasteiger partial charge in [0.2, 0.25) is 0 Å². The Balaban J connectivity index is 0.000000413. The van der Waals surface area contributed by atoms with Crippen LogP contribution in [0.15, 0.2) is 94.7 Å². The van der Waals surface area contributed by atoms with E-state index in [9.17, 15) is 31.6 Å². The molecule has 4 aromatic carbocycles. The molecule has 61 heavy (non-hydrogen) atoms. The summed E-state index contributed by atoms with van der Waals surface area (Å²) in [6.07, 6.45) is 26.7. The van der Waals surface area contributed by atoms with E-state index in [1.165, 1.54) is 151 Å². The molecule has 0 radical (unpaired) electrons. The third kappa shape index (κ3) is 21.9. The second kappa shape index (κ2) is 30.3. The van der Waals surface area contributed by atoms with Crippen LogP contribution in [0.3, 0.4) is 0 Å². The molecule has 4 aromatic rings. The molecule has 0 aliphatic carbocycles. The minimum absolute atomic E-state index is 0. The molecule has 0 amide bonds. The SMILES string of the molecule is CCCCCCCCCCCCc1cccc(Oc2ccc(S(=O)(=O)O)cc2)c1O.CCCCCCCCCCCCc1cccc(Oc2ccc(S(=O)(=O)[O-])cc2)c1[O-].[Ca+2]. The first kappa shape index (κ1) is 54.3. The molecule has 0 fully saturated rings.